The lowest BCUT2D eigenvalue weighted by molar-refractivity contribution is -0.870. The Balaban J connectivity index is 5.16. The monoisotopic (exact) mass is 1140 g/mol. The molecule has 0 aliphatic heterocycles. The molecule has 2 N–H and O–H groups in total. The molecule has 1 amide bonds. The number of carbonyl (C=O) groups is 2. The minimum Gasteiger partial charge on any atom is -0.456 e. The number of hydrogen-bond acceptors (Lipinski definition) is 6. The van der Waals surface area contributed by atoms with E-state index in [1.54, 1.807) is 0 Å². The lowest BCUT2D eigenvalue weighted by atomic mass is 10.0. The summed E-state index contributed by atoms with van der Waals surface area (Å²) in [6.07, 6.45) is 79.8. The third-order valence-corrected chi connectivity index (χ3v) is 15.2. The second kappa shape index (κ2) is 59.1. The number of amides is 1. The quantitative estimate of drug-likeness (QED) is 0.0205. The molecule has 3 unspecified atom stereocenters. The summed E-state index contributed by atoms with van der Waals surface area (Å²) in [5.41, 5.74) is 0. The van der Waals surface area contributed by atoms with E-state index in [0.29, 0.717) is 17.4 Å². The standard InChI is InChI=1S/C70H125N2O7P/c1-7-10-13-16-19-22-25-28-30-31-32-33-34-35-36-37-38-39-40-41-42-45-48-51-54-57-60-63-70(74)79-68(61-58-55-52-49-46-43-27-24-21-18-15-12-9-3)67(66-78-80(75,76)77-65-64-72(4,5)6)71-69(73)62-59-56-53-50-47-44-29-26-23-20-17-14-11-8-2/h10,13,19,22,28,30,32-33,35-36,38-39,44,47,58,61,67-68H,7-9,11-12,14-18,20-21,23-27,29,31,34,37,40-43,45-46,48-57,59-60,62-66H2,1-6H3,(H-,71,73,75,76)/p+1/b13-10-,22-19-,30-28-,33-32-,36-35-,39-38-,47-44-,61-58-. The number of nitrogens with one attached hydrogen (secondary N) is 1. The van der Waals surface area contributed by atoms with Crippen molar-refractivity contribution in [2.45, 2.75) is 296 Å². The number of quaternary nitrogens is 1. The normalized spacial score (nSPS) is 14.2. The minimum absolute atomic E-state index is 0.0327. The SMILES string of the molecule is CC/C=C\C/C=C\C/C=C\C/C=C\C/C=C\C/C=C\CCCCCCCCCCC(=O)OC(/C=C\CCCCCCCCCCCCC)C(COP(=O)(O)OCC[N+](C)(C)C)NC(=O)CCCCC/C=C\CCCCCCCCC. The van der Waals surface area contributed by atoms with Gasteiger partial charge in [-0.15, -0.1) is 0 Å². The van der Waals surface area contributed by atoms with Gasteiger partial charge in [-0.25, -0.2) is 4.57 Å². The highest BCUT2D eigenvalue weighted by molar-refractivity contribution is 7.47. The van der Waals surface area contributed by atoms with Crippen molar-refractivity contribution in [3.8, 4) is 0 Å². The molecule has 10 heteroatoms. The first-order chi connectivity index (χ1) is 38.9. The Kier molecular flexibility index (Phi) is 56.8. The maximum atomic E-state index is 13.5. The average molecular weight is 1140 g/mol. The Morgan fingerprint density at radius 3 is 1.23 bits per heavy atom. The molecule has 0 bridgehead atoms. The zero-order valence-corrected chi connectivity index (χ0v) is 53.7. The van der Waals surface area contributed by atoms with Crippen molar-refractivity contribution >= 4 is 19.7 Å². The van der Waals surface area contributed by atoms with Crippen LogP contribution in [-0.4, -0.2) is 74.3 Å². The summed E-state index contributed by atoms with van der Waals surface area (Å²) >= 11 is 0. The molecule has 0 rings (SSSR count). The van der Waals surface area contributed by atoms with Crippen LogP contribution in [0.4, 0.5) is 0 Å². The van der Waals surface area contributed by atoms with E-state index >= 15 is 0 Å². The number of nitrogens with zero attached hydrogens (tertiary/aromatic N) is 1. The highest BCUT2D eigenvalue weighted by Crippen LogP contribution is 2.43. The van der Waals surface area contributed by atoms with E-state index < -0.39 is 20.0 Å². The molecule has 0 aromatic carbocycles. The van der Waals surface area contributed by atoms with Gasteiger partial charge in [0.05, 0.1) is 33.8 Å². The predicted octanol–water partition coefficient (Wildman–Crippen LogP) is 20.7. The number of allylic oxidation sites excluding steroid dienone is 15. The fourth-order valence-electron chi connectivity index (χ4n) is 9.17. The zero-order valence-electron chi connectivity index (χ0n) is 52.8. The van der Waals surface area contributed by atoms with Crippen molar-refractivity contribution in [2.75, 3.05) is 40.9 Å². The first-order valence-electron chi connectivity index (χ1n) is 33.1. The van der Waals surface area contributed by atoms with Crippen LogP contribution < -0.4 is 5.32 Å². The Labute approximate surface area is 494 Å². The molecule has 0 radical (unpaired) electrons. The molecule has 0 spiro atoms. The molecule has 80 heavy (non-hydrogen) atoms. The van der Waals surface area contributed by atoms with Crippen molar-refractivity contribution in [1.82, 2.24) is 5.32 Å². The number of rotatable bonds is 59. The number of esters is 1. The second-order valence-electron chi connectivity index (χ2n) is 23.3. The fourth-order valence-corrected chi connectivity index (χ4v) is 9.91. The first-order valence-corrected chi connectivity index (χ1v) is 34.6. The van der Waals surface area contributed by atoms with Gasteiger partial charge < -0.3 is 19.4 Å². The molecule has 0 saturated carbocycles. The fraction of sp³-hybridized carbons (Fsp3) is 0.743. The van der Waals surface area contributed by atoms with Crippen molar-refractivity contribution in [3.05, 3.63) is 97.2 Å². The number of unbranched alkanes of at least 4 members (excludes halogenated alkanes) is 29. The van der Waals surface area contributed by atoms with Crippen molar-refractivity contribution in [1.29, 1.82) is 0 Å². The highest BCUT2D eigenvalue weighted by atomic mass is 31.2. The smallest absolute Gasteiger partial charge is 0.456 e. The van der Waals surface area contributed by atoms with E-state index in [1.807, 2.05) is 33.3 Å². The molecular formula is C70H126N2O7P+. The van der Waals surface area contributed by atoms with Gasteiger partial charge in [-0.1, -0.05) is 260 Å². The van der Waals surface area contributed by atoms with Gasteiger partial charge in [-0.2, -0.15) is 0 Å². The Morgan fingerprint density at radius 2 is 0.800 bits per heavy atom. The van der Waals surface area contributed by atoms with Crippen molar-refractivity contribution < 1.29 is 37.3 Å². The number of carbonyl (C=O) groups excluding carboxylic acids is 2. The summed E-state index contributed by atoms with van der Waals surface area (Å²) in [6.45, 7) is 6.88. The number of phosphoric acid groups is 1. The maximum Gasteiger partial charge on any atom is 0.472 e. The molecule has 0 aliphatic rings. The Hall–Kier alpha value is -3.07. The van der Waals surface area contributed by atoms with Crippen LogP contribution in [0, 0.1) is 0 Å². The summed E-state index contributed by atoms with van der Waals surface area (Å²) < 4.78 is 30.7. The second-order valence-corrected chi connectivity index (χ2v) is 24.7. The van der Waals surface area contributed by atoms with E-state index in [4.69, 9.17) is 13.8 Å². The van der Waals surface area contributed by atoms with Gasteiger partial charge in [-0.05, 0) is 109 Å². The van der Waals surface area contributed by atoms with Crippen LogP contribution >= 0.6 is 7.82 Å². The van der Waals surface area contributed by atoms with Gasteiger partial charge in [0.2, 0.25) is 5.91 Å². The molecule has 0 aromatic rings. The van der Waals surface area contributed by atoms with Gasteiger partial charge in [-0.3, -0.25) is 18.6 Å². The van der Waals surface area contributed by atoms with Crippen molar-refractivity contribution in [2.24, 2.45) is 0 Å². The lowest BCUT2D eigenvalue weighted by Crippen LogP contribution is -2.47. The van der Waals surface area contributed by atoms with Crippen LogP contribution in [0.3, 0.4) is 0 Å². The number of phosphoric ester groups is 1. The van der Waals surface area contributed by atoms with Crippen LogP contribution in [0.25, 0.3) is 0 Å². The molecule has 0 fully saturated rings. The largest absolute Gasteiger partial charge is 0.472 e. The van der Waals surface area contributed by atoms with Crippen LogP contribution in [-0.2, 0) is 27.9 Å². The van der Waals surface area contributed by atoms with E-state index in [2.05, 4.69) is 111 Å². The molecule has 9 nitrogen and oxygen atoms in total. The van der Waals surface area contributed by atoms with Crippen LogP contribution in [0.5, 0.6) is 0 Å². The van der Waals surface area contributed by atoms with E-state index in [0.717, 1.165) is 122 Å². The van der Waals surface area contributed by atoms with E-state index in [-0.39, 0.29) is 31.5 Å². The lowest BCUT2D eigenvalue weighted by Gasteiger charge is -2.27. The topological polar surface area (TPSA) is 111 Å². The van der Waals surface area contributed by atoms with E-state index in [1.165, 1.54) is 128 Å². The third kappa shape index (κ3) is 59.5. The minimum atomic E-state index is -4.46. The highest BCUT2D eigenvalue weighted by Gasteiger charge is 2.30. The number of ether oxygens (including phenoxy) is 1. The zero-order chi connectivity index (χ0) is 58.6. The maximum absolute atomic E-state index is 13.5. The first kappa shape index (κ1) is 76.9. The predicted molar refractivity (Wildman–Crippen MR) is 346 cm³/mol. The summed E-state index contributed by atoms with van der Waals surface area (Å²) in [6, 6.07) is -0.864. The number of likely N-dealkylation sites (N-methyl/N-ethyl adjacent to an activating group) is 1. The summed E-state index contributed by atoms with van der Waals surface area (Å²) in [5.74, 6) is -0.533. The van der Waals surface area contributed by atoms with Gasteiger partial charge in [0, 0.05) is 12.8 Å². The van der Waals surface area contributed by atoms with Gasteiger partial charge in [0.1, 0.15) is 19.3 Å². The van der Waals surface area contributed by atoms with Crippen LogP contribution in [0.1, 0.15) is 284 Å². The van der Waals surface area contributed by atoms with Crippen molar-refractivity contribution in [3.63, 3.8) is 0 Å². The Bertz CT molecular complexity index is 1690. The van der Waals surface area contributed by atoms with Gasteiger partial charge >= 0.3 is 13.8 Å². The van der Waals surface area contributed by atoms with Crippen LogP contribution in [0.2, 0.25) is 0 Å². The molecule has 0 aromatic heterocycles. The molecule has 0 saturated heterocycles. The van der Waals surface area contributed by atoms with Gasteiger partial charge in [0.25, 0.3) is 0 Å². The average Bonchev–Trinajstić information content (AvgIpc) is 3.42. The third-order valence-electron chi connectivity index (χ3n) is 14.3. The molecule has 3 atom stereocenters. The molecular weight excluding hydrogens is 1010 g/mol. The summed E-state index contributed by atoms with van der Waals surface area (Å²) in [7, 11) is 1.48. The Morgan fingerprint density at radius 1 is 0.450 bits per heavy atom. The summed E-state index contributed by atoms with van der Waals surface area (Å²) in [5, 5.41) is 3.05. The van der Waals surface area contributed by atoms with Gasteiger partial charge in [0.15, 0.2) is 0 Å². The molecule has 462 valence electrons. The van der Waals surface area contributed by atoms with E-state index in [9.17, 15) is 19.0 Å². The molecule has 0 heterocycles. The van der Waals surface area contributed by atoms with Crippen LogP contribution in [0.15, 0.2) is 97.2 Å². The number of hydrogen-bond donors (Lipinski definition) is 2. The summed E-state index contributed by atoms with van der Waals surface area (Å²) in [4.78, 5) is 37.8. The molecule has 0 aliphatic carbocycles.